The van der Waals surface area contributed by atoms with E-state index in [4.69, 9.17) is 9.47 Å². The van der Waals surface area contributed by atoms with Gasteiger partial charge in [-0.1, -0.05) is 18.2 Å². The van der Waals surface area contributed by atoms with E-state index >= 15 is 0 Å². The maximum Gasteiger partial charge on any atom is 1.00 e. The average Bonchev–Trinajstić information content (AvgIpc) is 3.72. The standard InChI is InChI=1S/C29H32N2O5.Na/c1-3-36-28-11-8-22(18-31-28)21-7-9-24(23(16-21)17-30-13-12-26(32)20-5-6-20)25-14-19(15-29(33)34)4-10-27(25)35-2;/h4,7-11,14,16,18,20,30H,3,5-6,12-13,15,17H2,1-2H3,(H,33,34);/q;+1/p-1. The maximum absolute atomic E-state index is 12.1. The van der Waals surface area contributed by atoms with E-state index < -0.39 is 5.97 Å². The number of carbonyl (C=O) groups excluding carboxylic acids is 2. The van der Waals surface area contributed by atoms with Gasteiger partial charge in [0.05, 0.1) is 13.7 Å². The molecule has 4 rings (SSSR count). The molecule has 1 aliphatic carbocycles. The molecule has 2 aromatic carbocycles. The minimum atomic E-state index is -1.13. The number of aromatic nitrogens is 1. The maximum atomic E-state index is 12.1. The van der Waals surface area contributed by atoms with E-state index in [1.165, 1.54) is 0 Å². The van der Waals surface area contributed by atoms with Crippen LogP contribution in [0.15, 0.2) is 54.7 Å². The molecule has 1 saturated carbocycles. The molecule has 1 N–H and O–H groups in total. The molecule has 1 aliphatic rings. The number of ether oxygens (including phenoxy) is 2. The molecule has 0 spiro atoms. The number of carboxylic acids is 1. The third-order valence-electron chi connectivity index (χ3n) is 6.27. The molecule has 1 fully saturated rings. The van der Waals surface area contributed by atoms with Crippen LogP contribution in [-0.2, 0) is 22.6 Å². The zero-order valence-electron chi connectivity index (χ0n) is 21.7. The number of hydrogen-bond donors (Lipinski definition) is 1. The smallest absolute Gasteiger partial charge is 0.550 e. The summed E-state index contributed by atoms with van der Waals surface area (Å²) in [7, 11) is 1.60. The second-order valence-electron chi connectivity index (χ2n) is 8.94. The topological polar surface area (TPSA) is 101 Å². The quantitative estimate of drug-likeness (QED) is 0.265. The summed E-state index contributed by atoms with van der Waals surface area (Å²) in [5, 5.41) is 14.6. The van der Waals surface area contributed by atoms with Crippen molar-refractivity contribution in [2.24, 2.45) is 5.92 Å². The number of methoxy groups -OCH3 is 1. The van der Waals surface area contributed by atoms with Gasteiger partial charge < -0.3 is 24.7 Å². The Morgan fingerprint density at radius 1 is 1.05 bits per heavy atom. The fourth-order valence-corrected chi connectivity index (χ4v) is 4.25. The van der Waals surface area contributed by atoms with Crippen molar-refractivity contribution in [1.82, 2.24) is 10.3 Å². The second kappa shape index (κ2) is 13.7. The Bertz CT molecular complexity index is 1230. The molecule has 8 heteroatoms. The predicted octanol–water partition coefficient (Wildman–Crippen LogP) is 0.578. The van der Waals surface area contributed by atoms with Gasteiger partial charge in [-0.15, -0.1) is 0 Å². The normalized spacial score (nSPS) is 12.5. The number of ketones is 1. The number of rotatable bonds is 13. The van der Waals surface area contributed by atoms with Gasteiger partial charge in [-0.05, 0) is 66.3 Å². The van der Waals surface area contributed by atoms with Crippen molar-refractivity contribution in [2.75, 3.05) is 20.3 Å². The molecule has 0 atom stereocenters. The summed E-state index contributed by atoms with van der Waals surface area (Å²) in [6, 6.07) is 15.3. The van der Waals surface area contributed by atoms with Gasteiger partial charge in [-0.25, -0.2) is 4.98 Å². The second-order valence-corrected chi connectivity index (χ2v) is 8.94. The van der Waals surface area contributed by atoms with Gasteiger partial charge in [-0.2, -0.15) is 0 Å². The van der Waals surface area contributed by atoms with E-state index in [1.807, 2.05) is 37.3 Å². The van der Waals surface area contributed by atoms with Crippen LogP contribution in [-0.4, -0.2) is 37.0 Å². The first-order chi connectivity index (χ1) is 17.5. The molecule has 37 heavy (non-hydrogen) atoms. The number of carbonyl (C=O) groups is 2. The molecule has 0 unspecified atom stereocenters. The Morgan fingerprint density at radius 3 is 2.49 bits per heavy atom. The van der Waals surface area contributed by atoms with Crippen molar-refractivity contribution in [1.29, 1.82) is 0 Å². The van der Waals surface area contributed by atoms with Crippen molar-refractivity contribution in [2.45, 2.75) is 39.2 Å². The van der Waals surface area contributed by atoms with E-state index in [9.17, 15) is 14.7 Å². The fraction of sp³-hybridized carbons (Fsp3) is 0.345. The Labute approximate surface area is 239 Å². The van der Waals surface area contributed by atoms with E-state index in [0.717, 1.165) is 40.7 Å². The SMILES string of the molecule is CCOc1ccc(-c2ccc(-c3cc(CC(=O)[O-])ccc3OC)c(CNCCC(=O)C3CC3)c2)cn1.[Na+]. The van der Waals surface area contributed by atoms with Crippen LogP contribution in [0.5, 0.6) is 11.6 Å². The number of nitrogens with zero attached hydrogens (tertiary/aromatic N) is 1. The molecule has 3 aromatic rings. The van der Waals surface area contributed by atoms with Gasteiger partial charge in [0.1, 0.15) is 11.5 Å². The molecule has 7 nitrogen and oxygen atoms in total. The molecule has 1 heterocycles. The van der Waals surface area contributed by atoms with Crippen LogP contribution in [0.3, 0.4) is 0 Å². The van der Waals surface area contributed by atoms with E-state index in [0.29, 0.717) is 49.1 Å². The summed E-state index contributed by atoms with van der Waals surface area (Å²) in [4.78, 5) is 27.7. The molecule has 0 radical (unpaired) electrons. The van der Waals surface area contributed by atoms with Crippen LogP contribution in [0.25, 0.3) is 22.3 Å². The van der Waals surface area contributed by atoms with Crippen LogP contribution in [0.4, 0.5) is 0 Å². The zero-order chi connectivity index (χ0) is 25.5. The molecule has 0 bridgehead atoms. The minimum absolute atomic E-state index is 0. The van der Waals surface area contributed by atoms with Crippen LogP contribution in [0.2, 0.25) is 0 Å². The van der Waals surface area contributed by atoms with Crippen LogP contribution in [0.1, 0.15) is 37.3 Å². The Balaban J connectivity index is 0.00000380. The van der Waals surface area contributed by atoms with Gasteiger partial charge in [0.2, 0.25) is 5.88 Å². The first-order valence-corrected chi connectivity index (χ1v) is 12.3. The van der Waals surface area contributed by atoms with E-state index in [2.05, 4.69) is 16.4 Å². The van der Waals surface area contributed by atoms with Crippen LogP contribution in [0, 0.1) is 5.92 Å². The van der Waals surface area contributed by atoms with Gasteiger partial charge in [0, 0.05) is 61.2 Å². The number of aliphatic carboxylic acids is 1. The van der Waals surface area contributed by atoms with Crippen molar-refractivity contribution >= 4 is 11.8 Å². The summed E-state index contributed by atoms with van der Waals surface area (Å²) >= 11 is 0. The van der Waals surface area contributed by atoms with Gasteiger partial charge in [-0.3, -0.25) is 4.79 Å². The minimum Gasteiger partial charge on any atom is -0.550 e. The molecule has 1 aromatic heterocycles. The number of carboxylic acid groups (broad SMARTS) is 1. The predicted molar refractivity (Wildman–Crippen MR) is 136 cm³/mol. The summed E-state index contributed by atoms with van der Waals surface area (Å²) < 4.78 is 11.1. The van der Waals surface area contributed by atoms with E-state index in [1.54, 1.807) is 25.4 Å². The average molecular weight is 511 g/mol. The van der Waals surface area contributed by atoms with Crippen molar-refractivity contribution in [3.63, 3.8) is 0 Å². The molecular formula is C29H31N2NaO5. The molecule has 0 aliphatic heterocycles. The molecule has 188 valence electrons. The Morgan fingerprint density at radius 2 is 1.84 bits per heavy atom. The number of hydrogen-bond acceptors (Lipinski definition) is 7. The number of nitrogens with one attached hydrogen (secondary N) is 1. The molecular weight excluding hydrogens is 479 g/mol. The third-order valence-corrected chi connectivity index (χ3v) is 6.27. The number of pyridine rings is 1. The van der Waals surface area contributed by atoms with Crippen molar-refractivity contribution < 1.29 is 53.7 Å². The van der Waals surface area contributed by atoms with Gasteiger partial charge in [0.25, 0.3) is 0 Å². The van der Waals surface area contributed by atoms with Crippen LogP contribution >= 0.6 is 0 Å². The van der Waals surface area contributed by atoms with E-state index in [-0.39, 0.29) is 41.9 Å². The number of Topliss-reactive ketones (excluding diaryl/α,β-unsaturated/α-hetero) is 1. The first-order valence-electron chi connectivity index (χ1n) is 12.3. The third kappa shape index (κ3) is 7.89. The summed E-state index contributed by atoms with van der Waals surface area (Å²) in [5.74, 6) is 0.682. The Hall–Kier alpha value is -2.71. The fourth-order valence-electron chi connectivity index (χ4n) is 4.25. The Kier molecular flexibility index (Phi) is 10.7. The largest absolute Gasteiger partial charge is 1.00 e. The monoisotopic (exact) mass is 510 g/mol. The first kappa shape index (κ1) is 28.9. The van der Waals surface area contributed by atoms with Crippen molar-refractivity contribution in [3.05, 3.63) is 65.9 Å². The van der Waals surface area contributed by atoms with Gasteiger partial charge >= 0.3 is 29.6 Å². The van der Waals surface area contributed by atoms with Crippen molar-refractivity contribution in [3.8, 4) is 33.9 Å². The zero-order valence-corrected chi connectivity index (χ0v) is 23.7. The summed E-state index contributed by atoms with van der Waals surface area (Å²) in [6.45, 7) is 3.62. The van der Waals surface area contributed by atoms with Crippen LogP contribution < -0.4 is 49.5 Å². The summed E-state index contributed by atoms with van der Waals surface area (Å²) in [5.41, 5.74) is 5.32. The number of benzene rings is 2. The molecule has 0 amide bonds. The summed E-state index contributed by atoms with van der Waals surface area (Å²) in [6.07, 6.45) is 4.16. The van der Waals surface area contributed by atoms with Gasteiger partial charge in [0.15, 0.2) is 0 Å². The molecule has 0 saturated heterocycles.